The lowest BCUT2D eigenvalue weighted by Crippen LogP contribution is -2.29. The topological polar surface area (TPSA) is 73.8 Å². The molecule has 2 aromatic carbocycles. The van der Waals surface area contributed by atoms with E-state index >= 15 is 0 Å². The van der Waals surface area contributed by atoms with E-state index in [1.807, 2.05) is 49.3 Å². The van der Waals surface area contributed by atoms with Crippen molar-refractivity contribution in [1.82, 2.24) is 10.7 Å². The molecule has 6 nitrogen and oxygen atoms in total. The summed E-state index contributed by atoms with van der Waals surface area (Å²) < 4.78 is 0.715. The van der Waals surface area contributed by atoms with Crippen molar-refractivity contribution in [2.24, 2.45) is 5.10 Å². The number of carbonyl (C=O) groups excluding carboxylic acids is 2. The van der Waals surface area contributed by atoms with E-state index in [2.05, 4.69) is 31.8 Å². The highest BCUT2D eigenvalue weighted by Crippen LogP contribution is 2.15. The number of hydrogen-bond acceptors (Lipinski definition) is 4. The Hall–Kier alpha value is -2.67. The van der Waals surface area contributed by atoms with Gasteiger partial charge in [-0.3, -0.25) is 9.59 Å². The molecule has 7 heteroatoms. The van der Waals surface area contributed by atoms with Gasteiger partial charge in [-0.15, -0.1) is 0 Å². The van der Waals surface area contributed by atoms with E-state index in [4.69, 9.17) is 0 Å². The number of halogens is 1. The number of carbonyl (C=O) groups is 2. The summed E-state index contributed by atoms with van der Waals surface area (Å²) in [6.45, 7) is 0.235. The first-order valence-corrected chi connectivity index (χ1v) is 8.88. The number of benzene rings is 2. The molecule has 0 aliphatic heterocycles. The first-order chi connectivity index (χ1) is 12.5. The van der Waals surface area contributed by atoms with E-state index in [1.54, 1.807) is 24.4 Å². The maximum absolute atomic E-state index is 12.0. The van der Waals surface area contributed by atoms with Gasteiger partial charge in [0.2, 0.25) is 5.91 Å². The molecule has 2 amide bonds. The zero-order chi connectivity index (χ0) is 18.9. The molecule has 0 atom stereocenters. The van der Waals surface area contributed by atoms with Crippen LogP contribution in [0.3, 0.4) is 0 Å². The van der Waals surface area contributed by atoms with Crippen molar-refractivity contribution in [1.29, 1.82) is 0 Å². The summed E-state index contributed by atoms with van der Waals surface area (Å²) in [7, 11) is 3.94. The van der Waals surface area contributed by atoms with Gasteiger partial charge < -0.3 is 10.2 Å². The molecule has 0 bridgehead atoms. The SMILES string of the molecule is CN(C)c1ccc(/C=N/NC(=O)CCNC(=O)c2ccccc2Br)cc1. The van der Waals surface area contributed by atoms with Crippen LogP contribution in [0.5, 0.6) is 0 Å². The highest BCUT2D eigenvalue weighted by molar-refractivity contribution is 9.10. The van der Waals surface area contributed by atoms with Crippen molar-refractivity contribution >= 4 is 39.6 Å². The molecule has 0 saturated heterocycles. The number of nitrogens with zero attached hydrogens (tertiary/aromatic N) is 2. The first-order valence-electron chi connectivity index (χ1n) is 8.09. The quantitative estimate of drug-likeness (QED) is 0.538. The van der Waals surface area contributed by atoms with Crippen molar-refractivity contribution in [3.05, 3.63) is 64.1 Å². The van der Waals surface area contributed by atoms with Gasteiger partial charge in [0.15, 0.2) is 0 Å². The monoisotopic (exact) mass is 416 g/mol. The number of amides is 2. The Balaban J connectivity index is 1.73. The Morgan fingerprint density at radius 1 is 1.12 bits per heavy atom. The van der Waals surface area contributed by atoms with Gasteiger partial charge in [-0.2, -0.15) is 5.10 Å². The van der Waals surface area contributed by atoms with Crippen LogP contribution in [0, 0.1) is 0 Å². The van der Waals surface area contributed by atoms with E-state index in [0.717, 1.165) is 11.3 Å². The molecule has 0 aromatic heterocycles. The Morgan fingerprint density at radius 2 is 1.81 bits per heavy atom. The summed E-state index contributed by atoms with van der Waals surface area (Å²) in [6, 6.07) is 14.9. The minimum atomic E-state index is -0.265. The zero-order valence-corrected chi connectivity index (χ0v) is 16.3. The summed E-state index contributed by atoms with van der Waals surface area (Å²) >= 11 is 3.32. The average Bonchev–Trinajstić information content (AvgIpc) is 2.62. The predicted octanol–water partition coefficient (Wildman–Crippen LogP) is 2.79. The fraction of sp³-hybridized carbons (Fsp3) is 0.211. The highest BCUT2D eigenvalue weighted by Gasteiger charge is 2.09. The van der Waals surface area contributed by atoms with Gasteiger partial charge in [-0.25, -0.2) is 5.43 Å². The van der Waals surface area contributed by atoms with Crippen molar-refractivity contribution in [2.45, 2.75) is 6.42 Å². The van der Waals surface area contributed by atoms with Crippen LogP contribution in [-0.2, 0) is 4.79 Å². The molecular formula is C19H21BrN4O2. The second kappa shape index (κ2) is 9.72. The van der Waals surface area contributed by atoms with Crippen LogP contribution in [-0.4, -0.2) is 38.7 Å². The van der Waals surface area contributed by atoms with Crippen molar-refractivity contribution in [2.75, 3.05) is 25.5 Å². The summed E-state index contributed by atoms with van der Waals surface area (Å²) in [6.07, 6.45) is 1.73. The smallest absolute Gasteiger partial charge is 0.252 e. The normalized spacial score (nSPS) is 10.6. The number of hydrazone groups is 1. The standard InChI is InChI=1S/C19H21BrN4O2/c1-24(2)15-9-7-14(8-10-15)13-22-23-18(25)11-12-21-19(26)16-5-3-4-6-17(16)20/h3-10,13H,11-12H2,1-2H3,(H,21,26)(H,23,25)/b22-13+. The zero-order valence-electron chi connectivity index (χ0n) is 14.7. The van der Waals surface area contributed by atoms with Crippen LogP contribution < -0.4 is 15.6 Å². The Labute approximate surface area is 161 Å². The van der Waals surface area contributed by atoms with Gasteiger partial charge >= 0.3 is 0 Å². The summed E-state index contributed by atoms with van der Waals surface area (Å²) in [4.78, 5) is 25.8. The van der Waals surface area contributed by atoms with Gasteiger partial charge in [-0.1, -0.05) is 24.3 Å². The maximum Gasteiger partial charge on any atom is 0.252 e. The molecule has 0 unspecified atom stereocenters. The molecule has 2 aromatic rings. The van der Waals surface area contributed by atoms with E-state index in [0.29, 0.717) is 10.0 Å². The Bertz CT molecular complexity index is 788. The number of hydrogen-bond donors (Lipinski definition) is 2. The fourth-order valence-electron chi connectivity index (χ4n) is 2.12. The minimum Gasteiger partial charge on any atom is -0.378 e. The van der Waals surface area contributed by atoms with Crippen LogP contribution in [0.25, 0.3) is 0 Å². The van der Waals surface area contributed by atoms with Crippen LogP contribution in [0.2, 0.25) is 0 Å². The molecule has 0 aliphatic rings. The van der Waals surface area contributed by atoms with Crippen LogP contribution in [0.1, 0.15) is 22.3 Å². The van der Waals surface area contributed by atoms with Gasteiger partial charge in [-0.05, 0) is 45.8 Å². The number of nitrogens with one attached hydrogen (secondary N) is 2. The molecule has 0 radical (unpaired) electrons. The molecule has 0 aliphatic carbocycles. The Morgan fingerprint density at radius 3 is 2.46 bits per heavy atom. The van der Waals surface area contributed by atoms with Crippen molar-refractivity contribution in [3.8, 4) is 0 Å². The fourth-order valence-corrected chi connectivity index (χ4v) is 2.59. The van der Waals surface area contributed by atoms with Gasteiger partial charge in [0.1, 0.15) is 0 Å². The van der Waals surface area contributed by atoms with Gasteiger partial charge in [0.25, 0.3) is 5.91 Å². The predicted molar refractivity (Wildman–Crippen MR) is 108 cm³/mol. The maximum atomic E-state index is 12.0. The second-order valence-corrected chi connectivity index (χ2v) is 6.62. The largest absolute Gasteiger partial charge is 0.378 e. The Kier molecular flexibility index (Phi) is 7.35. The lowest BCUT2D eigenvalue weighted by atomic mass is 10.2. The third kappa shape index (κ3) is 6.00. The van der Waals surface area contributed by atoms with E-state index < -0.39 is 0 Å². The molecule has 26 heavy (non-hydrogen) atoms. The van der Waals surface area contributed by atoms with Crippen molar-refractivity contribution in [3.63, 3.8) is 0 Å². The van der Waals surface area contributed by atoms with E-state index in [-0.39, 0.29) is 24.8 Å². The second-order valence-electron chi connectivity index (χ2n) is 5.76. The summed E-state index contributed by atoms with van der Waals surface area (Å²) in [5, 5.41) is 6.64. The molecule has 0 heterocycles. The number of anilines is 1. The van der Waals surface area contributed by atoms with E-state index in [1.165, 1.54) is 0 Å². The first kappa shape index (κ1) is 19.7. The summed E-state index contributed by atoms with van der Waals surface area (Å²) in [5.41, 5.74) is 4.96. The van der Waals surface area contributed by atoms with Gasteiger partial charge in [0, 0.05) is 37.2 Å². The molecule has 0 fully saturated rings. The molecular weight excluding hydrogens is 396 g/mol. The van der Waals surface area contributed by atoms with Gasteiger partial charge in [0.05, 0.1) is 11.8 Å². The van der Waals surface area contributed by atoms with Crippen molar-refractivity contribution < 1.29 is 9.59 Å². The molecule has 2 N–H and O–H groups in total. The third-order valence-electron chi connectivity index (χ3n) is 3.57. The average molecular weight is 417 g/mol. The van der Waals surface area contributed by atoms with Crippen LogP contribution >= 0.6 is 15.9 Å². The molecule has 2 rings (SSSR count). The molecule has 0 spiro atoms. The molecule has 0 saturated carbocycles. The lowest BCUT2D eigenvalue weighted by Gasteiger charge is -2.11. The lowest BCUT2D eigenvalue weighted by molar-refractivity contribution is -0.120. The number of rotatable bonds is 7. The summed E-state index contributed by atoms with van der Waals surface area (Å²) in [5.74, 6) is -0.492. The van der Waals surface area contributed by atoms with Crippen LogP contribution in [0.15, 0.2) is 58.1 Å². The molecule has 136 valence electrons. The van der Waals surface area contributed by atoms with Crippen LogP contribution in [0.4, 0.5) is 5.69 Å². The third-order valence-corrected chi connectivity index (χ3v) is 4.26. The minimum absolute atomic E-state index is 0.146. The highest BCUT2D eigenvalue weighted by atomic mass is 79.9. The van der Waals surface area contributed by atoms with E-state index in [9.17, 15) is 9.59 Å².